The summed E-state index contributed by atoms with van der Waals surface area (Å²) in [4.78, 5) is 4.35. The summed E-state index contributed by atoms with van der Waals surface area (Å²) in [5.74, 6) is 0.713. The van der Waals surface area contributed by atoms with Crippen LogP contribution in [0, 0.1) is 0 Å². The second kappa shape index (κ2) is 7.11. The minimum absolute atomic E-state index is 0.0328. The molecule has 0 saturated heterocycles. The van der Waals surface area contributed by atoms with Crippen LogP contribution < -0.4 is 4.72 Å². The minimum atomic E-state index is -3.52. The number of nitrogens with zero attached hydrogens (tertiary/aromatic N) is 2. The fraction of sp³-hybridized carbons (Fsp3) is 0.294. The molecule has 4 rings (SSSR count). The Kier molecular flexibility index (Phi) is 4.83. The van der Waals surface area contributed by atoms with Crippen LogP contribution in [0.4, 0.5) is 0 Å². The van der Waals surface area contributed by atoms with Crippen LogP contribution >= 0.6 is 22.9 Å². The van der Waals surface area contributed by atoms with Crippen LogP contribution in [0.25, 0.3) is 22.8 Å². The summed E-state index contributed by atoms with van der Waals surface area (Å²) in [5.41, 5.74) is 1.37. The number of halogens is 1. The topological polar surface area (TPSA) is 85.1 Å². The van der Waals surface area contributed by atoms with Gasteiger partial charge in [0.2, 0.25) is 15.8 Å². The maximum Gasteiger partial charge on any atom is 0.259 e. The number of nitrogens with one attached hydrogen (secondary N) is 1. The zero-order chi connectivity index (χ0) is 18.1. The van der Waals surface area contributed by atoms with E-state index in [-0.39, 0.29) is 16.1 Å². The van der Waals surface area contributed by atoms with Gasteiger partial charge in [0, 0.05) is 22.0 Å². The fourth-order valence-corrected chi connectivity index (χ4v) is 5.55. The highest BCUT2D eigenvalue weighted by Gasteiger charge is 2.25. The van der Waals surface area contributed by atoms with E-state index in [4.69, 9.17) is 16.1 Å². The van der Waals surface area contributed by atoms with E-state index in [1.807, 2.05) is 0 Å². The third-order valence-corrected chi connectivity index (χ3v) is 7.50. The molecular weight excluding hydrogens is 394 g/mol. The molecular formula is C17H16ClN3O3S2. The molecule has 136 valence electrons. The normalized spacial score (nSPS) is 15.6. The van der Waals surface area contributed by atoms with Gasteiger partial charge in [0.25, 0.3) is 5.89 Å². The van der Waals surface area contributed by atoms with Gasteiger partial charge in [-0.05, 0) is 43.2 Å². The van der Waals surface area contributed by atoms with Crippen LogP contribution in [-0.2, 0) is 10.0 Å². The predicted octanol–water partition coefficient (Wildman–Crippen LogP) is 4.34. The Morgan fingerprint density at radius 1 is 1.15 bits per heavy atom. The lowest BCUT2D eigenvalue weighted by atomic mass is 10.2. The third kappa shape index (κ3) is 3.68. The number of aromatic nitrogens is 2. The Hall–Kier alpha value is -1.74. The van der Waals surface area contributed by atoms with Gasteiger partial charge in [0.05, 0.1) is 5.56 Å². The summed E-state index contributed by atoms with van der Waals surface area (Å²) in [5, 5.41) is 6.29. The lowest BCUT2D eigenvalue weighted by Gasteiger charge is -2.10. The largest absolute Gasteiger partial charge is 0.334 e. The first-order valence-electron chi connectivity index (χ1n) is 8.22. The molecule has 0 amide bonds. The van der Waals surface area contributed by atoms with Crippen LogP contribution in [0.2, 0.25) is 5.02 Å². The number of hydrogen-bond acceptors (Lipinski definition) is 6. The first kappa shape index (κ1) is 17.7. The van der Waals surface area contributed by atoms with Crippen molar-refractivity contribution in [3.63, 3.8) is 0 Å². The van der Waals surface area contributed by atoms with Crippen molar-refractivity contribution in [1.29, 1.82) is 0 Å². The van der Waals surface area contributed by atoms with E-state index in [9.17, 15) is 8.42 Å². The van der Waals surface area contributed by atoms with Crippen molar-refractivity contribution in [2.24, 2.45) is 0 Å². The maximum absolute atomic E-state index is 12.5. The Balaban J connectivity index is 1.55. The van der Waals surface area contributed by atoms with Crippen LogP contribution in [0.3, 0.4) is 0 Å². The van der Waals surface area contributed by atoms with E-state index >= 15 is 0 Å². The first-order chi connectivity index (χ1) is 12.5. The van der Waals surface area contributed by atoms with Crippen molar-refractivity contribution >= 4 is 33.0 Å². The van der Waals surface area contributed by atoms with Crippen molar-refractivity contribution in [3.8, 4) is 22.8 Å². The monoisotopic (exact) mass is 409 g/mol. The molecule has 0 atom stereocenters. The molecule has 1 N–H and O–H groups in total. The number of benzene rings is 1. The lowest BCUT2D eigenvalue weighted by molar-refractivity contribution is 0.432. The van der Waals surface area contributed by atoms with Gasteiger partial charge in [-0.3, -0.25) is 0 Å². The molecule has 1 saturated carbocycles. The van der Waals surface area contributed by atoms with Gasteiger partial charge in [-0.2, -0.15) is 4.98 Å². The van der Waals surface area contributed by atoms with Gasteiger partial charge in [-0.15, -0.1) is 11.3 Å². The van der Waals surface area contributed by atoms with Gasteiger partial charge >= 0.3 is 0 Å². The molecule has 0 aliphatic heterocycles. The second-order valence-corrected chi connectivity index (χ2v) is 9.48. The maximum atomic E-state index is 12.5. The van der Waals surface area contributed by atoms with E-state index in [1.54, 1.807) is 35.7 Å². The zero-order valence-corrected chi connectivity index (χ0v) is 16.1. The average molecular weight is 410 g/mol. The summed E-state index contributed by atoms with van der Waals surface area (Å²) in [6, 6.07) is 8.69. The van der Waals surface area contributed by atoms with Gasteiger partial charge < -0.3 is 4.52 Å². The number of sulfonamides is 1. The van der Waals surface area contributed by atoms with Crippen molar-refractivity contribution in [2.75, 3.05) is 0 Å². The molecule has 2 aromatic heterocycles. The molecule has 3 aromatic rings. The van der Waals surface area contributed by atoms with Crippen molar-refractivity contribution in [2.45, 2.75) is 35.9 Å². The molecule has 1 fully saturated rings. The quantitative estimate of drug-likeness (QED) is 0.677. The van der Waals surface area contributed by atoms with Gasteiger partial charge in [0.15, 0.2) is 0 Å². The highest BCUT2D eigenvalue weighted by atomic mass is 35.5. The van der Waals surface area contributed by atoms with Crippen LogP contribution in [0.1, 0.15) is 25.7 Å². The molecule has 0 spiro atoms. The SMILES string of the molecule is O=S(=O)(NC1CCCC1)c1cc(-c2nc(-c3ccc(Cl)cc3)no2)cs1. The minimum Gasteiger partial charge on any atom is -0.334 e. The number of thiophene rings is 1. The molecule has 9 heteroatoms. The van der Waals surface area contributed by atoms with E-state index in [0.717, 1.165) is 42.6 Å². The standard InChI is InChI=1S/C17H16ClN3O3S2/c18-13-7-5-11(6-8-13)16-19-17(24-20-16)12-9-15(25-10-12)26(22,23)21-14-3-1-2-4-14/h5-10,14,21H,1-4H2. The smallest absolute Gasteiger partial charge is 0.259 e. The summed E-state index contributed by atoms with van der Waals surface area (Å²) in [6.45, 7) is 0. The van der Waals surface area contributed by atoms with Gasteiger partial charge in [-0.25, -0.2) is 13.1 Å². The summed E-state index contributed by atoms with van der Waals surface area (Å²) in [6.07, 6.45) is 3.92. The second-order valence-electron chi connectivity index (χ2n) is 6.19. The average Bonchev–Trinajstić information content (AvgIpc) is 3.36. The Bertz CT molecular complexity index is 1010. The molecule has 1 aromatic carbocycles. The third-order valence-electron chi connectivity index (χ3n) is 4.29. The number of hydrogen-bond donors (Lipinski definition) is 1. The van der Waals surface area contributed by atoms with E-state index in [1.165, 1.54) is 0 Å². The highest BCUT2D eigenvalue weighted by molar-refractivity contribution is 7.91. The summed E-state index contributed by atoms with van der Waals surface area (Å²) in [7, 11) is -3.52. The van der Waals surface area contributed by atoms with E-state index in [0.29, 0.717) is 16.4 Å². The predicted molar refractivity (Wildman–Crippen MR) is 101 cm³/mol. The van der Waals surface area contributed by atoms with Gasteiger partial charge in [-0.1, -0.05) is 29.6 Å². The molecule has 1 aliphatic rings. The Morgan fingerprint density at radius 3 is 2.62 bits per heavy atom. The van der Waals surface area contributed by atoms with Crippen LogP contribution in [0.15, 0.2) is 44.4 Å². The molecule has 2 heterocycles. The van der Waals surface area contributed by atoms with E-state index < -0.39 is 10.0 Å². The molecule has 1 aliphatic carbocycles. The Morgan fingerprint density at radius 2 is 1.88 bits per heavy atom. The van der Waals surface area contributed by atoms with E-state index in [2.05, 4.69) is 14.9 Å². The molecule has 6 nitrogen and oxygen atoms in total. The molecule has 0 bridgehead atoms. The van der Waals surface area contributed by atoms with Crippen LogP contribution in [0.5, 0.6) is 0 Å². The molecule has 0 unspecified atom stereocenters. The van der Waals surface area contributed by atoms with Crippen molar-refractivity contribution in [1.82, 2.24) is 14.9 Å². The lowest BCUT2D eigenvalue weighted by Crippen LogP contribution is -2.32. The van der Waals surface area contributed by atoms with Crippen molar-refractivity contribution in [3.05, 3.63) is 40.7 Å². The highest BCUT2D eigenvalue weighted by Crippen LogP contribution is 2.30. The first-order valence-corrected chi connectivity index (χ1v) is 11.0. The summed E-state index contributed by atoms with van der Waals surface area (Å²) >= 11 is 7.03. The number of rotatable bonds is 5. The van der Waals surface area contributed by atoms with Crippen molar-refractivity contribution < 1.29 is 12.9 Å². The fourth-order valence-electron chi connectivity index (χ4n) is 2.95. The zero-order valence-electron chi connectivity index (χ0n) is 13.7. The van der Waals surface area contributed by atoms with Gasteiger partial charge in [0.1, 0.15) is 4.21 Å². The Labute approximate surface area is 160 Å². The van der Waals surface area contributed by atoms with Crippen LogP contribution in [-0.4, -0.2) is 24.6 Å². The summed E-state index contributed by atoms with van der Waals surface area (Å²) < 4.78 is 33.3. The molecule has 0 radical (unpaired) electrons. The molecule has 26 heavy (non-hydrogen) atoms.